The first-order valence-corrected chi connectivity index (χ1v) is 8.13. The zero-order valence-corrected chi connectivity index (χ0v) is 14.1. The van der Waals surface area contributed by atoms with Crippen LogP contribution in [0.3, 0.4) is 0 Å². The first-order valence-electron chi connectivity index (χ1n) is 8.13. The molecule has 0 aliphatic heterocycles. The second-order valence-corrected chi connectivity index (χ2v) is 5.79. The fourth-order valence-electron chi connectivity index (χ4n) is 2.54. The standard InChI is InChI=1S/C19H18N6O/c20-11-17-3-1-16(2-4-17)5-6-19(26)23-18(12-24-9-7-21-14-24)13-25-10-8-22-15-25/h1-10,14-15,18H,12-13H2,(H,23,26). The Balaban J connectivity index is 1.63. The van der Waals surface area contributed by atoms with Gasteiger partial charge in [-0.1, -0.05) is 12.1 Å². The smallest absolute Gasteiger partial charge is 0.244 e. The van der Waals surface area contributed by atoms with Gasteiger partial charge in [-0.15, -0.1) is 0 Å². The lowest BCUT2D eigenvalue weighted by atomic mass is 10.1. The van der Waals surface area contributed by atoms with E-state index in [1.807, 2.05) is 21.5 Å². The minimum Gasteiger partial charge on any atom is -0.346 e. The van der Waals surface area contributed by atoms with Gasteiger partial charge in [0, 0.05) is 44.0 Å². The van der Waals surface area contributed by atoms with Crippen molar-refractivity contribution in [2.45, 2.75) is 19.1 Å². The SMILES string of the molecule is N#Cc1ccc(C=CC(=O)NC(Cn2ccnc2)Cn2ccnc2)cc1. The summed E-state index contributed by atoms with van der Waals surface area (Å²) in [6.45, 7) is 1.21. The molecule has 0 saturated carbocycles. The fraction of sp³-hybridized carbons (Fsp3) is 0.158. The minimum atomic E-state index is -0.181. The summed E-state index contributed by atoms with van der Waals surface area (Å²) in [7, 11) is 0. The van der Waals surface area contributed by atoms with Crippen molar-refractivity contribution in [3.05, 3.63) is 78.9 Å². The summed E-state index contributed by atoms with van der Waals surface area (Å²) >= 11 is 0. The number of nitrogens with zero attached hydrogens (tertiary/aromatic N) is 5. The first-order chi connectivity index (χ1) is 12.7. The molecule has 7 heteroatoms. The van der Waals surface area contributed by atoms with E-state index in [1.54, 1.807) is 55.4 Å². The number of benzene rings is 1. The molecule has 26 heavy (non-hydrogen) atoms. The summed E-state index contributed by atoms with van der Waals surface area (Å²) in [5, 5.41) is 11.8. The van der Waals surface area contributed by atoms with Gasteiger partial charge >= 0.3 is 0 Å². The number of hydrogen-bond acceptors (Lipinski definition) is 4. The zero-order chi connectivity index (χ0) is 18.2. The van der Waals surface area contributed by atoms with Crippen LogP contribution in [0.25, 0.3) is 6.08 Å². The van der Waals surface area contributed by atoms with Crippen molar-refractivity contribution in [3.8, 4) is 6.07 Å². The van der Waals surface area contributed by atoms with Crippen LogP contribution in [0.4, 0.5) is 0 Å². The number of imidazole rings is 2. The van der Waals surface area contributed by atoms with Crippen LogP contribution >= 0.6 is 0 Å². The van der Waals surface area contributed by atoms with Crippen LogP contribution in [0, 0.1) is 11.3 Å². The molecule has 130 valence electrons. The lowest BCUT2D eigenvalue weighted by molar-refractivity contribution is -0.117. The molecule has 2 aromatic heterocycles. The largest absolute Gasteiger partial charge is 0.346 e. The Bertz CT molecular complexity index is 852. The van der Waals surface area contributed by atoms with Gasteiger partial charge in [-0.05, 0) is 23.8 Å². The molecular formula is C19H18N6O. The maximum atomic E-state index is 12.3. The maximum Gasteiger partial charge on any atom is 0.244 e. The molecule has 0 spiro atoms. The Morgan fingerprint density at radius 2 is 1.73 bits per heavy atom. The Morgan fingerprint density at radius 3 is 2.23 bits per heavy atom. The van der Waals surface area contributed by atoms with Crippen LogP contribution in [0.15, 0.2) is 67.8 Å². The Hall–Kier alpha value is -3.66. The van der Waals surface area contributed by atoms with E-state index in [9.17, 15) is 4.79 Å². The van der Waals surface area contributed by atoms with E-state index in [-0.39, 0.29) is 11.9 Å². The van der Waals surface area contributed by atoms with Gasteiger partial charge in [-0.25, -0.2) is 9.97 Å². The Kier molecular flexibility index (Phi) is 5.58. The average molecular weight is 346 g/mol. The highest BCUT2D eigenvalue weighted by atomic mass is 16.1. The van der Waals surface area contributed by atoms with Gasteiger partial charge < -0.3 is 14.5 Å². The van der Waals surface area contributed by atoms with Gasteiger partial charge in [-0.2, -0.15) is 5.26 Å². The van der Waals surface area contributed by atoms with Crippen LogP contribution in [-0.4, -0.2) is 31.1 Å². The van der Waals surface area contributed by atoms with Crippen molar-refractivity contribution < 1.29 is 4.79 Å². The lowest BCUT2D eigenvalue weighted by Gasteiger charge is -2.19. The van der Waals surface area contributed by atoms with E-state index in [4.69, 9.17) is 5.26 Å². The van der Waals surface area contributed by atoms with Crippen molar-refractivity contribution in [1.29, 1.82) is 5.26 Å². The van der Waals surface area contributed by atoms with Crippen LogP contribution in [-0.2, 0) is 17.9 Å². The summed E-state index contributed by atoms with van der Waals surface area (Å²) < 4.78 is 3.85. The van der Waals surface area contributed by atoms with Gasteiger partial charge in [0.25, 0.3) is 0 Å². The second kappa shape index (κ2) is 8.44. The Labute approximate surface area is 151 Å². The normalized spacial score (nSPS) is 10.9. The van der Waals surface area contributed by atoms with Crippen LogP contribution in [0.2, 0.25) is 0 Å². The maximum absolute atomic E-state index is 12.3. The quantitative estimate of drug-likeness (QED) is 0.661. The number of amides is 1. The average Bonchev–Trinajstić information content (AvgIpc) is 3.34. The van der Waals surface area contributed by atoms with E-state index in [0.717, 1.165) is 5.56 Å². The fourth-order valence-corrected chi connectivity index (χ4v) is 2.54. The monoisotopic (exact) mass is 346 g/mol. The molecule has 2 heterocycles. The van der Waals surface area contributed by atoms with Crippen LogP contribution in [0.5, 0.6) is 0 Å². The van der Waals surface area contributed by atoms with E-state index < -0.39 is 0 Å². The molecule has 0 fully saturated rings. The second-order valence-electron chi connectivity index (χ2n) is 5.79. The third kappa shape index (κ3) is 4.92. The minimum absolute atomic E-state index is 0.114. The van der Waals surface area contributed by atoms with Gasteiger partial charge in [-0.3, -0.25) is 4.79 Å². The molecule has 0 aliphatic rings. The van der Waals surface area contributed by atoms with Crippen LogP contribution in [0.1, 0.15) is 11.1 Å². The molecule has 0 aliphatic carbocycles. The Morgan fingerprint density at radius 1 is 1.12 bits per heavy atom. The molecule has 0 saturated heterocycles. The summed E-state index contributed by atoms with van der Waals surface area (Å²) in [6.07, 6.45) is 13.8. The number of rotatable bonds is 7. The molecule has 0 bridgehead atoms. The number of nitrogens with one attached hydrogen (secondary N) is 1. The number of carbonyl (C=O) groups excluding carboxylic acids is 1. The van der Waals surface area contributed by atoms with Crippen molar-refractivity contribution in [2.75, 3.05) is 0 Å². The molecule has 0 atom stereocenters. The van der Waals surface area contributed by atoms with E-state index >= 15 is 0 Å². The van der Waals surface area contributed by atoms with E-state index in [0.29, 0.717) is 18.7 Å². The summed E-state index contributed by atoms with van der Waals surface area (Å²) in [5.74, 6) is -0.181. The van der Waals surface area contributed by atoms with Gasteiger partial charge in [0.2, 0.25) is 5.91 Å². The van der Waals surface area contributed by atoms with Crippen LogP contribution < -0.4 is 5.32 Å². The summed E-state index contributed by atoms with van der Waals surface area (Å²) in [5.41, 5.74) is 1.45. The first kappa shape index (κ1) is 17.2. The van der Waals surface area contributed by atoms with E-state index in [1.165, 1.54) is 6.08 Å². The molecule has 3 aromatic rings. The lowest BCUT2D eigenvalue weighted by Crippen LogP contribution is -2.39. The van der Waals surface area contributed by atoms with Gasteiger partial charge in [0.1, 0.15) is 0 Å². The molecule has 0 unspecified atom stereocenters. The van der Waals surface area contributed by atoms with Crippen molar-refractivity contribution in [2.24, 2.45) is 0 Å². The van der Waals surface area contributed by atoms with Crippen molar-refractivity contribution in [3.63, 3.8) is 0 Å². The molecule has 3 rings (SSSR count). The predicted molar refractivity (Wildman–Crippen MR) is 96.6 cm³/mol. The van der Waals surface area contributed by atoms with Gasteiger partial charge in [0.05, 0.1) is 30.3 Å². The zero-order valence-electron chi connectivity index (χ0n) is 14.1. The number of nitriles is 1. The number of aromatic nitrogens is 4. The molecule has 7 nitrogen and oxygen atoms in total. The van der Waals surface area contributed by atoms with Crippen molar-refractivity contribution in [1.82, 2.24) is 24.4 Å². The molecule has 1 amide bonds. The number of hydrogen-bond donors (Lipinski definition) is 1. The highest BCUT2D eigenvalue weighted by Crippen LogP contribution is 2.05. The van der Waals surface area contributed by atoms with Gasteiger partial charge in [0.15, 0.2) is 0 Å². The topological polar surface area (TPSA) is 88.5 Å². The van der Waals surface area contributed by atoms with E-state index in [2.05, 4.69) is 21.4 Å². The highest BCUT2D eigenvalue weighted by molar-refractivity contribution is 5.91. The number of carbonyl (C=O) groups is 1. The highest BCUT2D eigenvalue weighted by Gasteiger charge is 2.12. The molecule has 1 aromatic carbocycles. The summed E-state index contributed by atoms with van der Waals surface area (Å²) in [6, 6.07) is 9.00. The van der Waals surface area contributed by atoms with Crippen molar-refractivity contribution >= 4 is 12.0 Å². The predicted octanol–water partition coefficient (Wildman–Crippen LogP) is 1.85. The third-order valence-corrected chi connectivity index (χ3v) is 3.79. The molecule has 1 N–H and O–H groups in total. The molecular weight excluding hydrogens is 328 g/mol. The third-order valence-electron chi connectivity index (χ3n) is 3.79. The molecule has 0 radical (unpaired) electrons. The summed E-state index contributed by atoms with van der Waals surface area (Å²) in [4.78, 5) is 20.4.